The van der Waals surface area contributed by atoms with Crippen molar-refractivity contribution in [2.45, 2.75) is 11.3 Å². The highest BCUT2D eigenvalue weighted by molar-refractivity contribution is 7.99. The van der Waals surface area contributed by atoms with E-state index in [0.29, 0.717) is 0 Å². The van der Waals surface area contributed by atoms with Crippen LogP contribution >= 0.6 is 23.1 Å². The smallest absolute Gasteiger partial charge is 0.0314 e. The fourth-order valence-electron chi connectivity index (χ4n) is 1.29. The summed E-state index contributed by atoms with van der Waals surface area (Å²) in [6.45, 7) is 0. The molecule has 2 rings (SSSR count). The number of anilines is 1. The van der Waals surface area contributed by atoms with E-state index in [1.54, 1.807) is 0 Å². The summed E-state index contributed by atoms with van der Waals surface area (Å²) in [6, 6.07) is 12.4. The van der Waals surface area contributed by atoms with Crippen molar-refractivity contribution in [1.29, 1.82) is 0 Å². The normalized spacial score (nSPS) is 10.4. The Hall–Kier alpha value is -0.930. The number of hydrogen-bond donors (Lipinski definition) is 1. The van der Waals surface area contributed by atoms with Crippen LogP contribution in [0.5, 0.6) is 0 Å². The molecule has 1 heterocycles. The molecule has 0 saturated heterocycles. The van der Waals surface area contributed by atoms with E-state index in [-0.39, 0.29) is 0 Å². The monoisotopic (exact) mass is 235 g/mol. The van der Waals surface area contributed by atoms with E-state index in [2.05, 4.69) is 29.6 Å². The van der Waals surface area contributed by atoms with E-state index in [9.17, 15) is 0 Å². The summed E-state index contributed by atoms with van der Waals surface area (Å²) >= 11 is 3.71. The quantitative estimate of drug-likeness (QED) is 0.646. The van der Waals surface area contributed by atoms with Gasteiger partial charge in [0.1, 0.15) is 0 Å². The number of rotatable bonds is 4. The van der Waals surface area contributed by atoms with Crippen molar-refractivity contribution in [1.82, 2.24) is 0 Å². The van der Waals surface area contributed by atoms with E-state index in [1.165, 1.54) is 9.77 Å². The number of thioether (sulfide) groups is 1. The Morgan fingerprint density at radius 2 is 1.93 bits per heavy atom. The standard InChI is InChI=1S/C12H13NS2/c13-10-3-5-12(6-4-10)15-9-7-11-2-1-8-14-11/h1-6,8H,7,9,13H2. The summed E-state index contributed by atoms with van der Waals surface area (Å²) < 4.78 is 0. The second kappa shape index (κ2) is 5.24. The molecule has 0 atom stereocenters. The lowest BCUT2D eigenvalue weighted by Gasteiger charge is -2.00. The third-order valence-corrected chi connectivity index (χ3v) is 4.03. The zero-order valence-electron chi connectivity index (χ0n) is 8.35. The van der Waals surface area contributed by atoms with Crippen LogP contribution in [0.4, 0.5) is 5.69 Å². The maximum Gasteiger partial charge on any atom is 0.0314 e. The maximum absolute atomic E-state index is 5.62. The summed E-state index contributed by atoms with van der Waals surface area (Å²) in [6.07, 6.45) is 1.15. The van der Waals surface area contributed by atoms with Gasteiger partial charge >= 0.3 is 0 Å². The van der Waals surface area contributed by atoms with Crippen molar-refractivity contribution in [2.75, 3.05) is 11.5 Å². The van der Waals surface area contributed by atoms with Gasteiger partial charge in [-0.2, -0.15) is 0 Å². The lowest BCUT2D eigenvalue weighted by Crippen LogP contribution is -1.86. The Bertz CT molecular complexity index is 392. The van der Waals surface area contributed by atoms with Gasteiger partial charge in [-0.05, 0) is 42.1 Å². The Labute approximate surface area is 98.3 Å². The van der Waals surface area contributed by atoms with Crippen molar-refractivity contribution in [3.63, 3.8) is 0 Å². The molecule has 2 aromatic rings. The van der Waals surface area contributed by atoms with Gasteiger partial charge in [-0.15, -0.1) is 23.1 Å². The minimum absolute atomic E-state index is 0.831. The van der Waals surface area contributed by atoms with Gasteiger partial charge < -0.3 is 5.73 Å². The van der Waals surface area contributed by atoms with Crippen molar-refractivity contribution >= 4 is 28.8 Å². The van der Waals surface area contributed by atoms with E-state index in [4.69, 9.17) is 5.73 Å². The third-order valence-electron chi connectivity index (χ3n) is 2.08. The topological polar surface area (TPSA) is 26.0 Å². The minimum atomic E-state index is 0.831. The van der Waals surface area contributed by atoms with Gasteiger partial charge in [0.25, 0.3) is 0 Å². The molecule has 0 radical (unpaired) electrons. The molecular formula is C12H13NS2. The SMILES string of the molecule is Nc1ccc(SCCc2cccs2)cc1. The fourth-order valence-corrected chi connectivity index (χ4v) is 3.01. The first kappa shape index (κ1) is 10.6. The zero-order chi connectivity index (χ0) is 10.5. The molecule has 0 aliphatic carbocycles. The highest BCUT2D eigenvalue weighted by Gasteiger charge is 1.96. The second-order valence-corrected chi connectivity index (χ2v) is 5.45. The van der Waals surface area contributed by atoms with Crippen LogP contribution in [0.3, 0.4) is 0 Å². The van der Waals surface area contributed by atoms with Gasteiger partial charge in [0, 0.05) is 21.2 Å². The molecule has 1 aromatic carbocycles. The number of thiophene rings is 1. The molecule has 0 aliphatic rings. The van der Waals surface area contributed by atoms with Crippen LogP contribution in [-0.4, -0.2) is 5.75 Å². The van der Waals surface area contributed by atoms with Crippen molar-refractivity contribution in [2.24, 2.45) is 0 Å². The summed E-state index contributed by atoms with van der Waals surface area (Å²) in [5.74, 6) is 1.13. The predicted molar refractivity (Wildman–Crippen MR) is 69.6 cm³/mol. The molecule has 1 nitrogen and oxygen atoms in total. The number of hydrogen-bond acceptors (Lipinski definition) is 3. The van der Waals surface area contributed by atoms with Crippen molar-refractivity contribution in [3.8, 4) is 0 Å². The number of nitrogen functional groups attached to an aromatic ring is 1. The van der Waals surface area contributed by atoms with Gasteiger partial charge in [0.15, 0.2) is 0 Å². The first-order chi connectivity index (χ1) is 7.34. The third kappa shape index (κ3) is 3.29. The van der Waals surface area contributed by atoms with Gasteiger partial charge in [0.05, 0.1) is 0 Å². The van der Waals surface area contributed by atoms with Gasteiger partial charge in [-0.3, -0.25) is 0 Å². The minimum Gasteiger partial charge on any atom is -0.399 e. The Balaban J connectivity index is 1.81. The molecular weight excluding hydrogens is 222 g/mol. The average molecular weight is 235 g/mol. The summed E-state index contributed by atoms with van der Waals surface area (Å²) in [5, 5.41) is 2.13. The van der Waals surface area contributed by atoms with Crippen LogP contribution in [0, 0.1) is 0 Å². The molecule has 0 aliphatic heterocycles. The Morgan fingerprint density at radius 3 is 2.60 bits per heavy atom. The predicted octanol–water partition coefficient (Wildman–Crippen LogP) is 3.67. The highest BCUT2D eigenvalue weighted by Crippen LogP contribution is 2.21. The van der Waals surface area contributed by atoms with Crippen LogP contribution in [0.2, 0.25) is 0 Å². The fraction of sp³-hybridized carbons (Fsp3) is 0.167. The lowest BCUT2D eigenvalue weighted by atomic mass is 10.3. The first-order valence-electron chi connectivity index (χ1n) is 4.85. The molecule has 2 N–H and O–H groups in total. The van der Waals surface area contributed by atoms with E-state index in [1.807, 2.05) is 35.2 Å². The van der Waals surface area contributed by atoms with E-state index < -0.39 is 0 Å². The zero-order valence-corrected chi connectivity index (χ0v) is 9.98. The molecule has 0 amide bonds. The molecule has 3 heteroatoms. The molecule has 0 unspecified atom stereocenters. The molecule has 0 bridgehead atoms. The average Bonchev–Trinajstić information content (AvgIpc) is 2.74. The molecule has 15 heavy (non-hydrogen) atoms. The number of nitrogens with two attached hydrogens (primary N) is 1. The highest BCUT2D eigenvalue weighted by atomic mass is 32.2. The Morgan fingerprint density at radius 1 is 1.13 bits per heavy atom. The van der Waals surface area contributed by atoms with Crippen LogP contribution in [0.15, 0.2) is 46.7 Å². The maximum atomic E-state index is 5.62. The lowest BCUT2D eigenvalue weighted by molar-refractivity contribution is 1.20. The van der Waals surface area contributed by atoms with Crippen molar-refractivity contribution < 1.29 is 0 Å². The van der Waals surface area contributed by atoms with Gasteiger partial charge in [-0.1, -0.05) is 6.07 Å². The molecule has 0 spiro atoms. The van der Waals surface area contributed by atoms with Gasteiger partial charge in [0.2, 0.25) is 0 Å². The summed E-state index contributed by atoms with van der Waals surface area (Å²) in [4.78, 5) is 2.75. The number of benzene rings is 1. The summed E-state index contributed by atoms with van der Waals surface area (Å²) in [5.41, 5.74) is 6.46. The molecule has 78 valence electrons. The van der Waals surface area contributed by atoms with E-state index in [0.717, 1.165) is 17.9 Å². The summed E-state index contributed by atoms with van der Waals surface area (Å²) in [7, 11) is 0. The number of aryl methyl sites for hydroxylation is 1. The molecule has 1 aromatic heterocycles. The van der Waals surface area contributed by atoms with Crippen LogP contribution < -0.4 is 5.73 Å². The first-order valence-corrected chi connectivity index (χ1v) is 6.72. The van der Waals surface area contributed by atoms with Crippen molar-refractivity contribution in [3.05, 3.63) is 46.7 Å². The largest absolute Gasteiger partial charge is 0.399 e. The van der Waals surface area contributed by atoms with Crippen LogP contribution in [-0.2, 0) is 6.42 Å². The van der Waals surface area contributed by atoms with Crippen LogP contribution in [0.25, 0.3) is 0 Å². The van der Waals surface area contributed by atoms with Crippen LogP contribution in [0.1, 0.15) is 4.88 Å². The molecule has 0 fully saturated rings. The Kier molecular flexibility index (Phi) is 3.69. The molecule has 0 saturated carbocycles. The second-order valence-electron chi connectivity index (χ2n) is 3.25. The van der Waals surface area contributed by atoms with Gasteiger partial charge in [-0.25, -0.2) is 0 Å². The van der Waals surface area contributed by atoms with E-state index >= 15 is 0 Å².